The lowest BCUT2D eigenvalue weighted by molar-refractivity contribution is 0.322. The monoisotopic (exact) mass is 170 g/mol. The lowest BCUT2D eigenvalue weighted by atomic mass is 10.2. The third-order valence-electron chi connectivity index (χ3n) is 2.54. The molecule has 1 aliphatic heterocycles. The summed E-state index contributed by atoms with van der Waals surface area (Å²) in [5, 5.41) is 3.48. The fourth-order valence-corrected chi connectivity index (χ4v) is 1.70. The van der Waals surface area contributed by atoms with Gasteiger partial charge in [0.15, 0.2) is 0 Å². The molecule has 0 unspecified atom stereocenters. The minimum absolute atomic E-state index is 1.20. The van der Waals surface area contributed by atoms with Crippen molar-refractivity contribution in [3.8, 4) is 0 Å². The van der Waals surface area contributed by atoms with Crippen LogP contribution < -0.4 is 5.32 Å². The largest absolute Gasteiger partial charge is 0.317 e. The first-order valence-electron chi connectivity index (χ1n) is 5.29. The average molecular weight is 170 g/mol. The fraction of sp³-hybridized carbons (Fsp3) is 1.00. The van der Waals surface area contributed by atoms with Gasteiger partial charge in [-0.3, -0.25) is 0 Å². The van der Waals surface area contributed by atoms with E-state index in [4.69, 9.17) is 0 Å². The van der Waals surface area contributed by atoms with Crippen molar-refractivity contribution in [1.82, 2.24) is 10.2 Å². The quantitative estimate of drug-likeness (QED) is 0.592. The molecule has 0 aromatic carbocycles. The molecular weight excluding hydrogens is 148 g/mol. The molecule has 0 saturated carbocycles. The van der Waals surface area contributed by atoms with Crippen molar-refractivity contribution in [3.05, 3.63) is 0 Å². The third-order valence-corrected chi connectivity index (χ3v) is 2.54. The summed E-state index contributed by atoms with van der Waals surface area (Å²) >= 11 is 0. The third kappa shape index (κ3) is 4.73. The van der Waals surface area contributed by atoms with E-state index in [9.17, 15) is 0 Å². The topological polar surface area (TPSA) is 15.3 Å². The molecule has 0 aromatic rings. The van der Waals surface area contributed by atoms with Crippen LogP contribution in [0.4, 0.5) is 0 Å². The van der Waals surface area contributed by atoms with E-state index in [0.717, 1.165) is 0 Å². The summed E-state index contributed by atoms with van der Waals surface area (Å²) in [6.45, 7) is 4.97. The number of nitrogens with zero attached hydrogens (tertiary/aromatic N) is 1. The lowest BCUT2D eigenvalue weighted by Crippen LogP contribution is -2.24. The highest BCUT2D eigenvalue weighted by Gasteiger charge is 1.99. The molecule has 2 nitrogen and oxygen atoms in total. The van der Waals surface area contributed by atoms with Gasteiger partial charge in [0.05, 0.1) is 0 Å². The summed E-state index contributed by atoms with van der Waals surface area (Å²) < 4.78 is 0. The first-order valence-corrected chi connectivity index (χ1v) is 5.29. The maximum atomic E-state index is 3.48. The van der Waals surface area contributed by atoms with Gasteiger partial charge in [-0.05, 0) is 52.5 Å². The van der Waals surface area contributed by atoms with Gasteiger partial charge in [0.2, 0.25) is 0 Å². The van der Waals surface area contributed by atoms with Crippen molar-refractivity contribution in [2.24, 2.45) is 0 Å². The molecule has 0 aromatic heterocycles. The van der Waals surface area contributed by atoms with E-state index in [-0.39, 0.29) is 0 Å². The average Bonchev–Trinajstić information content (AvgIpc) is 2.11. The van der Waals surface area contributed by atoms with E-state index in [0.29, 0.717) is 0 Å². The molecule has 1 rings (SSSR count). The molecule has 2 heteroatoms. The van der Waals surface area contributed by atoms with Gasteiger partial charge in [0.25, 0.3) is 0 Å². The molecular formula is C10H22N2. The van der Waals surface area contributed by atoms with Gasteiger partial charge >= 0.3 is 0 Å². The van der Waals surface area contributed by atoms with Gasteiger partial charge in [-0.25, -0.2) is 0 Å². The Morgan fingerprint density at radius 3 is 2.42 bits per heavy atom. The molecule has 0 bridgehead atoms. The van der Waals surface area contributed by atoms with Crippen LogP contribution in [0.3, 0.4) is 0 Å². The Balaban J connectivity index is 2.13. The van der Waals surface area contributed by atoms with Crippen LogP contribution in [0, 0.1) is 0 Å². The zero-order chi connectivity index (χ0) is 8.65. The van der Waals surface area contributed by atoms with Gasteiger partial charge in [-0.2, -0.15) is 0 Å². The Hall–Kier alpha value is -0.0800. The molecule has 12 heavy (non-hydrogen) atoms. The highest BCUT2D eigenvalue weighted by molar-refractivity contribution is 4.57. The fourth-order valence-electron chi connectivity index (χ4n) is 1.70. The minimum Gasteiger partial charge on any atom is -0.317 e. The molecule has 1 N–H and O–H groups in total. The lowest BCUT2D eigenvalue weighted by Gasteiger charge is -2.15. The highest BCUT2D eigenvalue weighted by Crippen LogP contribution is 2.01. The summed E-state index contributed by atoms with van der Waals surface area (Å²) in [7, 11) is 2.23. The maximum absolute atomic E-state index is 3.48. The molecule has 0 spiro atoms. The Kier molecular flexibility index (Phi) is 5.37. The molecule has 0 aliphatic carbocycles. The Labute approximate surface area is 76.3 Å². The summed E-state index contributed by atoms with van der Waals surface area (Å²) in [4.78, 5) is 2.45. The van der Waals surface area contributed by atoms with Crippen molar-refractivity contribution in [1.29, 1.82) is 0 Å². The highest BCUT2D eigenvalue weighted by atomic mass is 15.1. The Morgan fingerprint density at radius 2 is 1.50 bits per heavy atom. The van der Waals surface area contributed by atoms with E-state index in [1.165, 1.54) is 58.3 Å². The molecule has 0 amide bonds. The number of nitrogens with one attached hydrogen (secondary N) is 1. The van der Waals surface area contributed by atoms with E-state index >= 15 is 0 Å². The molecule has 1 aliphatic rings. The Morgan fingerprint density at radius 1 is 0.833 bits per heavy atom. The van der Waals surface area contributed by atoms with Gasteiger partial charge in [-0.1, -0.05) is 12.8 Å². The first kappa shape index (κ1) is 10.0. The van der Waals surface area contributed by atoms with Gasteiger partial charge in [-0.15, -0.1) is 0 Å². The van der Waals surface area contributed by atoms with Crippen LogP contribution >= 0.6 is 0 Å². The van der Waals surface area contributed by atoms with Crippen LogP contribution in [0.25, 0.3) is 0 Å². The van der Waals surface area contributed by atoms with E-state index in [1.54, 1.807) is 0 Å². The van der Waals surface area contributed by atoms with Crippen LogP contribution in [-0.4, -0.2) is 38.1 Å². The van der Waals surface area contributed by atoms with Crippen molar-refractivity contribution in [3.63, 3.8) is 0 Å². The SMILES string of the molecule is CN1CCCCCCNCCC1. The van der Waals surface area contributed by atoms with E-state index < -0.39 is 0 Å². The van der Waals surface area contributed by atoms with Crippen LogP contribution in [0.5, 0.6) is 0 Å². The van der Waals surface area contributed by atoms with Crippen molar-refractivity contribution >= 4 is 0 Å². The summed E-state index contributed by atoms with van der Waals surface area (Å²) in [6, 6.07) is 0. The summed E-state index contributed by atoms with van der Waals surface area (Å²) in [5.74, 6) is 0. The predicted octanol–water partition coefficient (Wildman–Crippen LogP) is 1.47. The molecule has 0 atom stereocenters. The zero-order valence-corrected chi connectivity index (χ0v) is 8.31. The van der Waals surface area contributed by atoms with Crippen LogP contribution in [0.2, 0.25) is 0 Å². The Bertz CT molecular complexity index is 92.0. The van der Waals surface area contributed by atoms with Crippen LogP contribution in [0.15, 0.2) is 0 Å². The molecule has 1 saturated heterocycles. The predicted molar refractivity (Wildman–Crippen MR) is 53.5 cm³/mol. The molecule has 72 valence electrons. The normalized spacial score (nSPS) is 24.8. The van der Waals surface area contributed by atoms with Crippen LogP contribution in [-0.2, 0) is 0 Å². The molecule has 0 radical (unpaired) electrons. The van der Waals surface area contributed by atoms with Gasteiger partial charge in [0.1, 0.15) is 0 Å². The van der Waals surface area contributed by atoms with Crippen molar-refractivity contribution < 1.29 is 0 Å². The number of hydrogen-bond donors (Lipinski definition) is 1. The summed E-state index contributed by atoms with van der Waals surface area (Å²) in [5.41, 5.74) is 0. The smallest absolute Gasteiger partial charge is 0.000969 e. The minimum atomic E-state index is 1.20. The summed E-state index contributed by atoms with van der Waals surface area (Å²) in [6.07, 6.45) is 6.86. The van der Waals surface area contributed by atoms with E-state index in [1.807, 2.05) is 0 Å². The van der Waals surface area contributed by atoms with Gasteiger partial charge in [0, 0.05) is 0 Å². The van der Waals surface area contributed by atoms with Crippen LogP contribution in [0.1, 0.15) is 32.1 Å². The van der Waals surface area contributed by atoms with E-state index in [2.05, 4.69) is 17.3 Å². The maximum Gasteiger partial charge on any atom is -0.000969 e. The van der Waals surface area contributed by atoms with Gasteiger partial charge < -0.3 is 10.2 Å². The zero-order valence-electron chi connectivity index (χ0n) is 8.31. The number of rotatable bonds is 0. The standard InChI is InChI=1S/C10H22N2/c1-12-9-5-3-2-4-7-11-8-6-10-12/h11H,2-10H2,1H3. The van der Waals surface area contributed by atoms with Crippen molar-refractivity contribution in [2.45, 2.75) is 32.1 Å². The molecule has 1 fully saturated rings. The molecule has 1 heterocycles. The number of hydrogen-bond acceptors (Lipinski definition) is 2. The second-order valence-corrected chi connectivity index (χ2v) is 3.82. The second-order valence-electron chi connectivity index (χ2n) is 3.82. The first-order chi connectivity index (χ1) is 5.89. The second kappa shape index (κ2) is 6.44. The van der Waals surface area contributed by atoms with Crippen molar-refractivity contribution in [2.75, 3.05) is 33.2 Å².